The van der Waals surface area contributed by atoms with Gasteiger partial charge in [-0.25, -0.2) is 4.39 Å². The molecule has 0 atom stereocenters. The molecule has 2 rings (SSSR count). The molecule has 0 unspecified atom stereocenters. The Morgan fingerprint density at radius 2 is 2.06 bits per heavy atom. The van der Waals surface area contributed by atoms with Gasteiger partial charge in [0.25, 0.3) is 0 Å². The molecule has 1 saturated heterocycles. The van der Waals surface area contributed by atoms with Gasteiger partial charge in [-0.2, -0.15) is 0 Å². The van der Waals surface area contributed by atoms with Crippen molar-refractivity contribution in [2.75, 3.05) is 19.7 Å². The van der Waals surface area contributed by atoms with Crippen molar-refractivity contribution in [1.82, 2.24) is 5.32 Å². The topological polar surface area (TPSA) is 64.4 Å². The number of alkyl halides is 1. The summed E-state index contributed by atoms with van der Waals surface area (Å²) in [5, 5.41) is 13.8. The molecule has 6 heteroatoms. The van der Waals surface area contributed by atoms with E-state index in [2.05, 4.69) is 5.32 Å². The van der Waals surface area contributed by atoms with Gasteiger partial charge in [-0.3, -0.25) is 10.1 Å². The molecule has 1 aliphatic rings. The lowest BCUT2D eigenvalue weighted by atomic mass is 9.95. The Labute approximate surface area is 104 Å². The molecule has 98 valence electrons. The van der Waals surface area contributed by atoms with Crippen molar-refractivity contribution < 1.29 is 14.1 Å². The van der Waals surface area contributed by atoms with Crippen molar-refractivity contribution in [3.8, 4) is 5.75 Å². The SMILES string of the molecule is O=[N+]([O-])c1ccccc1OCC1(F)CCNCC1. The van der Waals surface area contributed by atoms with Crippen LogP contribution in [0.3, 0.4) is 0 Å². The van der Waals surface area contributed by atoms with E-state index in [4.69, 9.17) is 4.74 Å². The molecular weight excluding hydrogens is 239 g/mol. The third-order valence-electron chi connectivity index (χ3n) is 3.05. The second-order valence-corrected chi connectivity index (χ2v) is 4.41. The van der Waals surface area contributed by atoms with Crippen LogP contribution in [-0.4, -0.2) is 30.3 Å². The lowest BCUT2D eigenvalue weighted by Gasteiger charge is -2.29. The van der Waals surface area contributed by atoms with Gasteiger partial charge in [0, 0.05) is 6.07 Å². The van der Waals surface area contributed by atoms with Gasteiger partial charge in [-0.05, 0) is 32.0 Å². The van der Waals surface area contributed by atoms with Gasteiger partial charge in [-0.15, -0.1) is 0 Å². The Morgan fingerprint density at radius 1 is 1.39 bits per heavy atom. The fourth-order valence-electron chi connectivity index (χ4n) is 1.96. The molecule has 1 aromatic rings. The summed E-state index contributed by atoms with van der Waals surface area (Å²) in [6.45, 7) is 1.08. The number of hydrogen-bond acceptors (Lipinski definition) is 4. The monoisotopic (exact) mass is 254 g/mol. The van der Waals surface area contributed by atoms with Crippen molar-refractivity contribution in [2.24, 2.45) is 0 Å². The Bertz CT molecular complexity index is 433. The largest absolute Gasteiger partial charge is 0.483 e. The van der Waals surface area contributed by atoms with Crippen molar-refractivity contribution in [3.05, 3.63) is 34.4 Å². The number of piperidine rings is 1. The minimum absolute atomic E-state index is 0.123. The van der Waals surface area contributed by atoms with Crippen molar-refractivity contribution >= 4 is 5.69 Å². The van der Waals surface area contributed by atoms with E-state index >= 15 is 0 Å². The van der Waals surface area contributed by atoms with E-state index in [9.17, 15) is 14.5 Å². The molecule has 0 aliphatic carbocycles. The minimum atomic E-state index is -1.39. The zero-order valence-corrected chi connectivity index (χ0v) is 9.89. The molecule has 0 bridgehead atoms. The van der Waals surface area contributed by atoms with Gasteiger partial charge in [0.05, 0.1) is 4.92 Å². The quantitative estimate of drug-likeness (QED) is 0.660. The molecule has 5 nitrogen and oxygen atoms in total. The first kappa shape index (κ1) is 12.8. The molecule has 18 heavy (non-hydrogen) atoms. The summed E-state index contributed by atoms with van der Waals surface area (Å²) in [5.74, 6) is 0.123. The molecule has 1 heterocycles. The molecule has 1 aromatic carbocycles. The highest BCUT2D eigenvalue weighted by Crippen LogP contribution is 2.29. The number of nitrogens with one attached hydrogen (secondary N) is 1. The van der Waals surface area contributed by atoms with Crippen molar-refractivity contribution in [1.29, 1.82) is 0 Å². The Balaban J connectivity index is 2.03. The van der Waals surface area contributed by atoms with Gasteiger partial charge < -0.3 is 10.1 Å². The smallest absolute Gasteiger partial charge is 0.310 e. The summed E-state index contributed by atoms with van der Waals surface area (Å²) in [6, 6.07) is 6.03. The number of halogens is 1. The lowest BCUT2D eigenvalue weighted by Crippen LogP contribution is -2.42. The molecule has 0 radical (unpaired) electrons. The number of nitrogens with zero attached hydrogens (tertiary/aromatic N) is 1. The van der Waals surface area contributed by atoms with Crippen LogP contribution in [0, 0.1) is 10.1 Å². The zero-order valence-electron chi connectivity index (χ0n) is 9.89. The first-order valence-corrected chi connectivity index (χ1v) is 5.87. The predicted molar refractivity (Wildman–Crippen MR) is 64.5 cm³/mol. The van der Waals surface area contributed by atoms with Crippen LogP contribution >= 0.6 is 0 Å². The number of rotatable bonds is 4. The molecule has 1 fully saturated rings. The number of hydrogen-bond donors (Lipinski definition) is 1. The predicted octanol–water partition coefficient (Wildman–Crippen LogP) is 2.07. The molecule has 0 aromatic heterocycles. The van der Waals surface area contributed by atoms with Gasteiger partial charge in [0.15, 0.2) is 5.75 Å². The van der Waals surface area contributed by atoms with E-state index in [1.807, 2.05) is 0 Å². The maximum absolute atomic E-state index is 14.3. The fraction of sp³-hybridized carbons (Fsp3) is 0.500. The summed E-state index contributed by atoms with van der Waals surface area (Å²) in [5.41, 5.74) is -1.52. The standard InChI is InChI=1S/C12H15FN2O3/c13-12(5-7-14-8-6-12)9-18-11-4-2-1-3-10(11)15(16)17/h1-4,14H,5-9H2. The maximum Gasteiger partial charge on any atom is 0.310 e. The van der Waals surface area contributed by atoms with Crippen LogP contribution in [-0.2, 0) is 0 Å². The Hall–Kier alpha value is -1.69. The second-order valence-electron chi connectivity index (χ2n) is 4.41. The second kappa shape index (κ2) is 5.30. The molecule has 0 amide bonds. The number of para-hydroxylation sites is 2. The van der Waals surface area contributed by atoms with Crippen LogP contribution in [0.1, 0.15) is 12.8 Å². The van der Waals surface area contributed by atoms with Crippen LogP contribution in [0.15, 0.2) is 24.3 Å². The average Bonchev–Trinajstić information content (AvgIpc) is 2.38. The van der Waals surface area contributed by atoms with E-state index in [-0.39, 0.29) is 18.0 Å². The van der Waals surface area contributed by atoms with Gasteiger partial charge in [-0.1, -0.05) is 12.1 Å². The van der Waals surface area contributed by atoms with E-state index in [0.29, 0.717) is 25.9 Å². The summed E-state index contributed by atoms with van der Waals surface area (Å²) >= 11 is 0. The summed E-state index contributed by atoms with van der Waals surface area (Å²) in [4.78, 5) is 10.2. The molecule has 0 saturated carbocycles. The van der Waals surface area contributed by atoms with Crippen LogP contribution in [0.5, 0.6) is 5.75 Å². The zero-order chi connectivity index (χ0) is 13.0. The van der Waals surface area contributed by atoms with Crippen molar-refractivity contribution in [3.63, 3.8) is 0 Å². The minimum Gasteiger partial charge on any atom is -0.483 e. The highest BCUT2D eigenvalue weighted by atomic mass is 19.1. The normalized spacial score (nSPS) is 18.3. The van der Waals surface area contributed by atoms with Gasteiger partial charge in [0.2, 0.25) is 0 Å². The van der Waals surface area contributed by atoms with E-state index in [0.717, 1.165) is 0 Å². The van der Waals surface area contributed by atoms with Crippen LogP contribution in [0.25, 0.3) is 0 Å². The summed E-state index contributed by atoms with van der Waals surface area (Å²) < 4.78 is 19.6. The number of nitro groups is 1. The maximum atomic E-state index is 14.3. The fourth-order valence-corrected chi connectivity index (χ4v) is 1.96. The summed E-state index contributed by atoms with van der Waals surface area (Å²) in [7, 11) is 0. The van der Waals surface area contributed by atoms with Gasteiger partial charge in [0.1, 0.15) is 12.3 Å². The van der Waals surface area contributed by atoms with Gasteiger partial charge >= 0.3 is 5.69 Å². The van der Waals surface area contributed by atoms with Crippen LogP contribution in [0.4, 0.5) is 10.1 Å². The van der Waals surface area contributed by atoms with Crippen LogP contribution in [0.2, 0.25) is 0 Å². The third kappa shape index (κ3) is 2.95. The first-order chi connectivity index (χ1) is 8.61. The van der Waals surface area contributed by atoms with E-state index < -0.39 is 10.6 Å². The van der Waals surface area contributed by atoms with E-state index in [1.165, 1.54) is 12.1 Å². The Kier molecular flexibility index (Phi) is 3.76. The van der Waals surface area contributed by atoms with Crippen molar-refractivity contribution in [2.45, 2.75) is 18.5 Å². The molecular formula is C12H15FN2O3. The molecule has 0 spiro atoms. The molecule has 1 aliphatic heterocycles. The third-order valence-corrected chi connectivity index (χ3v) is 3.05. The highest BCUT2D eigenvalue weighted by Gasteiger charge is 2.33. The summed E-state index contributed by atoms with van der Waals surface area (Å²) in [6.07, 6.45) is 0.737. The number of nitro benzene ring substituents is 1. The van der Waals surface area contributed by atoms with Crippen LogP contribution < -0.4 is 10.1 Å². The van der Waals surface area contributed by atoms with E-state index in [1.54, 1.807) is 12.1 Å². The molecule has 1 N–H and O–H groups in total. The number of benzene rings is 1. The highest BCUT2D eigenvalue weighted by molar-refractivity contribution is 5.45. The lowest BCUT2D eigenvalue weighted by molar-refractivity contribution is -0.386. The number of ether oxygens (including phenoxy) is 1. The first-order valence-electron chi connectivity index (χ1n) is 5.87. The Morgan fingerprint density at radius 3 is 2.72 bits per heavy atom. The average molecular weight is 254 g/mol.